The standard InChI is InChI=1S/C12H14N2O3S/c15-12(14-18(16,17)8-5-6-8)10-7-13-11-4-2-1-3-9(10)11/h1-4,8,10,13H,5-7H2,(H,14,15). The lowest BCUT2D eigenvalue weighted by molar-refractivity contribution is -0.120. The Morgan fingerprint density at radius 1 is 1.28 bits per heavy atom. The number of hydrogen-bond donors (Lipinski definition) is 2. The van der Waals surface area contributed by atoms with Crippen molar-refractivity contribution in [2.75, 3.05) is 11.9 Å². The second-order valence-electron chi connectivity index (χ2n) is 4.73. The molecule has 18 heavy (non-hydrogen) atoms. The van der Waals surface area contributed by atoms with Crippen LogP contribution in [0, 0.1) is 0 Å². The molecule has 1 saturated carbocycles. The van der Waals surface area contributed by atoms with Crippen LogP contribution in [0.2, 0.25) is 0 Å². The first kappa shape index (κ1) is 11.5. The van der Waals surface area contributed by atoms with E-state index in [0.29, 0.717) is 19.4 Å². The van der Waals surface area contributed by atoms with Crippen LogP contribution in [0.3, 0.4) is 0 Å². The SMILES string of the molecule is O=C(NS(=O)(=O)C1CC1)C1CNc2ccccc21. The lowest BCUT2D eigenvalue weighted by atomic mass is 10.0. The molecule has 1 unspecified atom stereocenters. The van der Waals surface area contributed by atoms with Crippen LogP contribution >= 0.6 is 0 Å². The molecule has 0 bridgehead atoms. The first-order chi connectivity index (χ1) is 8.58. The predicted octanol–water partition coefficient (Wildman–Crippen LogP) is 0.804. The molecule has 1 aromatic carbocycles. The van der Waals surface area contributed by atoms with E-state index in [1.165, 1.54) is 0 Å². The van der Waals surface area contributed by atoms with Crippen molar-refractivity contribution in [1.82, 2.24) is 4.72 Å². The van der Waals surface area contributed by atoms with Gasteiger partial charge in [-0.1, -0.05) is 18.2 Å². The second kappa shape index (κ2) is 3.98. The number of amides is 1. The van der Waals surface area contributed by atoms with Crippen LogP contribution in [-0.4, -0.2) is 26.1 Å². The maximum atomic E-state index is 12.0. The highest BCUT2D eigenvalue weighted by Crippen LogP contribution is 2.32. The number of rotatable bonds is 3. The van der Waals surface area contributed by atoms with Gasteiger partial charge in [-0.25, -0.2) is 8.42 Å². The molecule has 3 rings (SSSR count). The van der Waals surface area contributed by atoms with E-state index >= 15 is 0 Å². The quantitative estimate of drug-likeness (QED) is 0.848. The maximum Gasteiger partial charge on any atom is 0.242 e. The molecular formula is C12H14N2O3S. The van der Waals surface area contributed by atoms with E-state index in [2.05, 4.69) is 10.0 Å². The largest absolute Gasteiger partial charge is 0.384 e. The van der Waals surface area contributed by atoms with E-state index in [1.807, 2.05) is 24.3 Å². The number of benzene rings is 1. The van der Waals surface area contributed by atoms with Gasteiger partial charge in [-0.15, -0.1) is 0 Å². The van der Waals surface area contributed by atoms with E-state index in [-0.39, 0.29) is 5.25 Å². The van der Waals surface area contributed by atoms with E-state index in [4.69, 9.17) is 0 Å². The summed E-state index contributed by atoms with van der Waals surface area (Å²) < 4.78 is 25.6. The third-order valence-corrected chi connectivity index (χ3v) is 5.19. The van der Waals surface area contributed by atoms with Gasteiger partial charge in [0.05, 0.1) is 11.2 Å². The summed E-state index contributed by atoms with van der Waals surface area (Å²) in [5, 5.41) is 2.74. The van der Waals surface area contributed by atoms with Crippen LogP contribution in [-0.2, 0) is 14.8 Å². The Balaban J connectivity index is 1.79. The van der Waals surface area contributed by atoms with Crippen molar-refractivity contribution in [3.63, 3.8) is 0 Å². The Kier molecular flexibility index (Phi) is 2.55. The Bertz CT molecular complexity index is 593. The molecule has 1 aliphatic carbocycles. The molecule has 2 aliphatic rings. The number of carbonyl (C=O) groups is 1. The van der Waals surface area contributed by atoms with Gasteiger partial charge in [0, 0.05) is 12.2 Å². The van der Waals surface area contributed by atoms with Crippen LogP contribution in [0.1, 0.15) is 24.3 Å². The monoisotopic (exact) mass is 266 g/mol. The van der Waals surface area contributed by atoms with Crippen molar-refractivity contribution in [3.05, 3.63) is 29.8 Å². The zero-order valence-electron chi connectivity index (χ0n) is 9.72. The molecule has 1 fully saturated rings. The van der Waals surface area contributed by atoms with E-state index in [1.54, 1.807) is 0 Å². The van der Waals surface area contributed by atoms with Gasteiger partial charge in [-0.2, -0.15) is 0 Å². The number of fused-ring (bicyclic) bond motifs is 1. The minimum atomic E-state index is -3.45. The van der Waals surface area contributed by atoms with Crippen molar-refractivity contribution < 1.29 is 13.2 Å². The number of anilines is 1. The van der Waals surface area contributed by atoms with Crippen molar-refractivity contribution in [3.8, 4) is 0 Å². The topological polar surface area (TPSA) is 75.3 Å². The molecule has 0 aromatic heterocycles. The number of para-hydroxylation sites is 1. The van der Waals surface area contributed by atoms with Gasteiger partial charge in [0.15, 0.2) is 0 Å². The Labute approximate surface area is 106 Å². The van der Waals surface area contributed by atoms with Gasteiger partial charge in [-0.3, -0.25) is 9.52 Å². The lowest BCUT2D eigenvalue weighted by Crippen LogP contribution is -2.37. The van der Waals surface area contributed by atoms with Crippen molar-refractivity contribution in [2.24, 2.45) is 0 Å². The predicted molar refractivity (Wildman–Crippen MR) is 67.8 cm³/mol. The van der Waals surface area contributed by atoms with E-state index in [9.17, 15) is 13.2 Å². The van der Waals surface area contributed by atoms with Crippen LogP contribution in [0.5, 0.6) is 0 Å². The summed E-state index contributed by atoms with van der Waals surface area (Å²) in [6, 6.07) is 7.47. The fourth-order valence-electron chi connectivity index (χ4n) is 2.19. The van der Waals surface area contributed by atoms with Crippen molar-refractivity contribution in [2.45, 2.75) is 24.0 Å². The maximum absolute atomic E-state index is 12.0. The summed E-state index contributed by atoms with van der Waals surface area (Å²) in [4.78, 5) is 12.0. The van der Waals surface area contributed by atoms with Gasteiger partial charge < -0.3 is 5.32 Å². The first-order valence-electron chi connectivity index (χ1n) is 5.96. The fraction of sp³-hybridized carbons (Fsp3) is 0.417. The fourth-order valence-corrected chi connectivity index (χ4v) is 3.54. The Hall–Kier alpha value is -1.56. The molecule has 0 spiro atoms. The average molecular weight is 266 g/mol. The number of hydrogen-bond acceptors (Lipinski definition) is 4. The van der Waals surface area contributed by atoms with E-state index in [0.717, 1.165) is 11.3 Å². The Morgan fingerprint density at radius 3 is 2.72 bits per heavy atom. The molecule has 1 aliphatic heterocycles. The van der Waals surface area contributed by atoms with Crippen LogP contribution < -0.4 is 10.0 Å². The summed E-state index contributed by atoms with van der Waals surface area (Å²) in [5.74, 6) is -0.853. The third kappa shape index (κ3) is 1.96. The average Bonchev–Trinajstić information content (AvgIpc) is 3.09. The summed E-state index contributed by atoms with van der Waals surface area (Å²) in [5.41, 5.74) is 1.77. The normalized spacial score (nSPS) is 22.1. The lowest BCUT2D eigenvalue weighted by Gasteiger charge is -2.11. The molecule has 5 nitrogen and oxygen atoms in total. The smallest absolute Gasteiger partial charge is 0.242 e. The van der Waals surface area contributed by atoms with Gasteiger partial charge in [-0.05, 0) is 24.5 Å². The van der Waals surface area contributed by atoms with Crippen LogP contribution in [0.15, 0.2) is 24.3 Å². The molecular weight excluding hydrogens is 252 g/mol. The number of sulfonamides is 1. The van der Waals surface area contributed by atoms with Gasteiger partial charge >= 0.3 is 0 Å². The minimum Gasteiger partial charge on any atom is -0.384 e. The molecule has 96 valence electrons. The molecule has 1 heterocycles. The van der Waals surface area contributed by atoms with Gasteiger partial charge in [0.25, 0.3) is 0 Å². The molecule has 0 saturated heterocycles. The third-order valence-electron chi connectivity index (χ3n) is 3.36. The molecule has 6 heteroatoms. The number of carbonyl (C=O) groups excluding carboxylic acids is 1. The van der Waals surface area contributed by atoms with Crippen LogP contribution in [0.4, 0.5) is 5.69 Å². The van der Waals surface area contributed by atoms with E-state index < -0.39 is 21.8 Å². The highest BCUT2D eigenvalue weighted by atomic mass is 32.2. The van der Waals surface area contributed by atoms with Gasteiger partial charge in [0.2, 0.25) is 15.9 Å². The van der Waals surface area contributed by atoms with Crippen molar-refractivity contribution >= 4 is 21.6 Å². The summed E-state index contributed by atoms with van der Waals surface area (Å²) >= 11 is 0. The van der Waals surface area contributed by atoms with Crippen molar-refractivity contribution in [1.29, 1.82) is 0 Å². The first-order valence-corrected chi connectivity index (χ1v) is 7.51. The van der Waals surface area contributed by atoms with Crippen LogP contribution in [0.25, 0.3) is 0 Å². The number of nitrogens with one attached hydrogen (secondary N) is 2. The Morgan fingerprint density at radius 2 is 2.00 bits per heavy atom. The van der Waals surface area contributed by atoms with Gasteiger partial charge in [0.1, 0.15) is 0 Å². The highest BCUT2D eigenvalue weighted by Gasteiger charge is 2.39. The minimum absolute atomic E-state index is 0.369. The molecule has 1 amide bonds. The molecule has 1 aromatic rings. The zero-order chi connectivity index (χ0) is 12.8. The molecule has 0 radical (unpaired) electrons. The summed E-state index contributed by atoms with van der Waals surface area (Å²) in [7, 11) is -3.45. The summed E-state index contributed by atoms with van der Waals surface area (Å²) in [6.45, 7) is 0.450. The zero-order valence-corrected chi connectivity index (χ0v) is 10.5. The summed E-state index contributed by atoms with van der Waals surface area (Å²) in [6.07, 6.45) is 1.31. The highest BCUT2D eigenvalue weighted by molar-refractivity contribution is 7.90. The molecule has 1 atom stereocenters. The second-order valence-corrected chi connectivity index (χ2v) is 6.69. The molecule has 2 N–H and O–H groups in total.